The molecule has 1 aromatic heterocycles. The second-order valence-corrected chi connectivity index (χ2v) is 8.92. The number of fused-ring (bicyclic) bond motifs is 1. The zero-order valence-corrected chi connectivity index (χ0v) is 18.2. The van der Waals surface area contributed by atoms with E-state index >= 15 is 0 Å². The Kier molecular flexibility index (Phi) is 6.53. The van der Waals surface area contributed by atoms with Gasteiger partial charge in [-0.05, 0) is 49.2 Å². The number of aryl methyl sites for hydroxylation is 2. The third kappa shape index (κ3) is 4.75. The quantitative estimate of drug-likeness (QED) is 0.460. The van der Waals surface area contributed by atoms with E-state index in [2.05, 4.69) is 6.07 Å². The second kappa shape index (κ2) is 9.31. The van der Waals surface area contributed by atoms with Gasteiger partial charge in [0.2, 0.25) is 0 Å². The summed E-state index contributed by atoms with van der Waals surface area (Å²) in [4.78, 5) is 19.5. The smallest absolute Gasteiger partial charge is 0.266 e. The molecule has 2 N–H and O–H groups in total. The maximum Gasteiger partial charge on any atom is 0.266 e. The van der Waals surface area contributed by atoms with Gasteiger partial charge in [0.25, 0.3) is 5.56 Å². The van der Waals surface area contributed by atoms with Crippen molar-refractivity contribution in [2.75, 3.05) is 38.6 Å². The normalized spacial score (nSPS) is 16.1. The Balaban J connectivity index is 1.66. The summed E-state index contributed by atoms with van der Waals surface area (Å²) in [5.41, 5.74) is 3.60. The van der Waals surface area contributed by atoms with Gasteiger partial charge in [-0.3, -0.25) is 9.36 Å². The first-order valence-electron chi connectivity index (χ1n) is 10.3. The number of quaternary nitrogens is 1. The van der Waals surface area contributed by atoms with Crippen LogP contribution >= 0.6 is 11.8 Å². The van der Waals surface area contributed by atoms with Crippen molar-refractivity contribution in [3.8, 4) is 5.69 Å². The highest BCUT2D eigenvalue weighted by Gasteiger charge is 2.20. The number of hydrogen-bond donors (Lipinski definition) is 2. The molecule has 0 radical (unpaired) electrons. The Morgan fingerprint density at radius 2 is 1.87 bits per heavy atom. The number of aliphatic hydroxyl groups excluding tert-OH is 1. The molecule has 0 unspecified atom stereocenters. The number of para-hydroxylation sites is 1. The molecule has 1 aliphatic rings. The Labute approximate surface area is 180 Å². The number of rotatable bonds is 6. The number of thioether (sulfide) groups is 1. The number of aliphatic hydroxyl groups is 1. The van der Waals surface area contributed by atoms with Crippen LogP contribution in [0.4, 0.5) is 0 Å². The van der Waals surface area contributed by atoms with E-state index < -0.39 is 6.10 Å². The van der Waals surface area contributed by atoms with Crippen molar-refractivity contribution in [2.24, 2.45) is 0 Å². The van der Waals surface area contributed by atoms with Crippen LogP contribution in [-0.2, 0) is 4.74 Å². The van der Waals surface area contributed by atoms with E-state index in [0.29, 0.717) is 28.4 Å². The van der Waals surface area contributed by atoms with Crippen LogP contribution < -0.4 is 10.5 Å². The SMILES string of the molecule is Cc1cc(C)cc(-n2c(SC[C@H](O)C[NH+]3CCOCC3)nc3ccccc3c2=O)c1. The van der Waals surface area contributed by atoms with Gasteiger partial charge in [0.1, 0.15) is 25.7 Å². The summed E-state index contributed by atoms with van der Waals surface area (Å²) in [5.74, 6) is 0.486. The van der Waals surface area contributed by atoms with E-state index in [1.165, 1.54) is 16.7 Å². The average Bonchev–Trinajstić information content (AvgIpc) is 2.72. The van der Waals surface area contributed by atoms with Gasteiger partial charge in [-0.25, -0.2) is 4.98 Å². The number of hydrogen-bond acceptors (Lipinski definition) is 5. The molecule has 4 rings (SSSR count). The topological polar surface area (TPSA) is 68.8 Å². The summed E-state index contributed by atoms with van der Waals surface area (Å²) in [6, 6.07) is 13.5. The van der Waals surface area contributed by atoms with E-state index in [1.807, 2.05) is 50.2 Å². The molecule has 1 saturated heterocycles. The van der Waals surface area contributed by atoms with Crippen molar-refractivity contribution < 1.29 is 14.7 Å². The summed E-state index contributed by atoms with van der Waals surface area (Å²) in [6.07, 6.45) is -0.473. The fourth-order valence-electron chi connectivity index (χ4n) is 3.94. The van der Waals surface area contributed by atoms with Gasteiger partial charge in [-0.15, -0.1) is 0 Å². The molecule has 3 aromatic rings. The molecule has 0 spiro atoms. The van der Waals surface area contributed by atoms with Crippen molar-refractivity contribution in [2.45, 2.75) is 25.1 Å². The molecule has 2 heterocycles. The minimum atomic E-state index is -0.473. The summed E-state index contributed by atoms with van der Waals surface area (Å²) in [6.45, 7) is 8.06. The molecule has 7 heteroatoms. The Bertz CT molecular complexity index is 1070. The monoisotopic (exact) mass is 426 g/mol. The lowest BCUT2D eigenvalue weighted by Gasteiger charge is -2.25. The average molecular weight is 427 g/mol. The number of nitrogens with zero attached hydrogens (tertiary/aromatic N) is 2. The summed E-state index contributed by atoms with van der Waals surface area (Å²) < 4.78 is 7.07. The predicted molar refractivity (Wildman–Crippen MR) is 120 cm³/mol. The molecule has 1 aliphatic heterocycles. The Hall–Kier alpha value is -2.19. The maximum absolute atomic E-state index is 13.4. The van der Waals surface area contributed by atoms with Crippen LogP contribution in [0.15, 0.2) is 52.4 Å². The predicted octanol–water partition coefficient (Wildman–Crippen LogP) is 1.37. The zero-order valence-electron chi connectivity index (χ0n) is 17.4. The first-order chi connectivity index (χ1) is 14.5. The van der Waals surface area contributed by atoms with Crippen molar-refractivity contribution >= 4 is 22.7 Å². The van der Waals surface area contributed by atoms with Crippen LogP contribution in [0.3, 0.4) is 0 Å². The van der Waals surface area contributed by atoms with Gasteiger partial charge < -0.3 is 14.7 Å². The summed E-state index contributed by atoms with van der Waals surface area (Å²) >= 11 is 1.44. The van der Waals surface area contributed by atoms with Crippen LogP contribution in [0.2, 0.25) is 0 Å². The lowest BCUT2D eigenvalue weighted by molar-refractivity contribution is -0.910. The summed E-state index contributed by atoms with van der Waals surface area (Å²) in [5, 5.41) is 11.8. The van der Waals surface area contributed by atoms with Crippen molar-refractivity contribution in [1.82, 2.24) is 9.55 Å². The van der Waals surface area contributed by atoms with Gasteiger partial charge in [-0.1, -0.05) is 30.0 Å². The highest BCUT2D eigenvalue weighted by atomic mass is 32.2. The van der Waals surface area contributed by atoms with Gasteiger partial charge in [0.15, 0.2) is 5.16 Å². The maximum atomic E-state index is 13.4. The number of morpholine rings is 1. The third-order valence-electron chi connectivity index (χ3n) is 5.34. The molecular weight excluding hydrogens is 398 g/mol. The van der Waals surface area contributed by atoms with Crippen LogP contribution in [0.1, 0.15) is 11.1 Å². The Morgan fingerprint density at radius 1 is 1.17 bits per heavy atom. The van der Waals surface area contributed by atoms with Crippen LogP contribution in [0, 0.1) is 13.8 Å². The molecule has 1 atom stereocenters. The zero-order chi connectivity index (χ0) is 21.1. The number of benzene rings is 2. The fraction of sp³-hybridized carbons (Fsp3) is 0.391. The number of nitrogens with one attached hydrogen (secondary N) is 1. The molecular formula is C23H28N3O3S+. The van der Waals surface area contributed by atoms with Gasteiger partial charge >= 0.3 is 0 Å². The molecule has 0 bridgehead atoms. The molecule has 0 saturated carbocycles. The Morgan fingerprint density at radius 3 is 2.60 bits per heavy atom. The van der Waals surface area contributed by atoms with Crippen LogP contribution in [0.5, 0.6) is 0 Å². The van der Waals surface area contributed by atoms with E-state index in [9.17, 15) is 9.90 Å². The lowest BCUT2D eigenvalue weighted by atomic mass is 10.1. The third-order valence-corrected chi connectivity index (χ3v) is 6.42. The second-order valence-electron chi connectivity index (χ2n) is 7.93. The molecule has 2 aromatic carbocycles. The minimum Gasteiger partial charge on any atom is -0.386 e. The van der Waals surface area contributed by atoms with Crippen molar-refractivity contribution in [3.63, 3.8) is 0 Å². The first-order valence-corrected chi connectivity index (χ1v) is 11.3. The largest absolute Gasteiger partial charge is 0.386 e. The molecule has 158 valence electrons. The van der Waals surface area contributed by atoms with Crippen LogP contribution in [0.25, 0.3) is 16.6 Å². The highest BCUT2D eigenvalue weighted by Crippen LogP contribution is 2.23. The van der Waals surface area contributed by atoms with Gasteiger partial charge in [-0.2, -0.15) is 0 Å². The molecule has 6 nitrogen and oxygen atoms in total. The van der Waals surface area contributed by atoms with Crippen molar-refractivity contribution in [1.29, 1.82) is 0 Å². The minimum absolute atomic E-state index is 0.0820. The van der Waals surface area contributed by atoms with Crippen molar-refractivity contribution in [3.05, 3.63) is 63.9 Å². The first kappa shape index (κ1) is 21.1. The van der Waals surface area contributed by atoms with Gasteiger partial charge in [0, 0.05) is 5.75 Å². The molecule has 0 aliphatic carbocycles. The van der Waals surface area contributed by atoms with Gasteiger partial charge in [0.05, 0.1) is 29.8 Å². The lowest BCUT2D eigenvalue weighted by Crippen LogP contribution is -3.15. The molecule has 1 fully saturated rings. The van der Waals surface area contributed by atoms with E-state index in [-0.39, 0.29) is 5.56 Å². The fourth-order valence-corrected chi connectivity index (χ4v) is 4.88. The number of aromatic nitrogens is 2. The highest BCUT2D eigenvalue weighted by molar-refractivity contribution is 7.99. The van der Waals surface area contributed by atoms with E-state index in [4.69, 9.17) is 9.72 Å². The molecule has 30 heavy (non-hydrogen) atoms. The van der Waals surface area contributed by atoms with Crippen LogP contribution in [-0.4, -0.2) is 59.4 Å². The standard InChI is InChI=1S/C23H27N3O3S/c1-16-11-17(2)13-18(12-16)26-22(28)20-5-3-4-6-21(20)24-23(26)30-15-19(27)14-25-7-9-29-10-8-25/h3-6,11-13,19,27H,7-10,14-15H2,1-2H3/p+1/t19-/m1/s1. The van der Waals surface area contributed by atoms with E-state index in [0.717, 1.165) is 43.1 Å². The molecule has 0 amide bonds. The summed E-state index contributed by atoms with van der Waals surface area (Å²) in [7, 11) is 0. The number of ether oxygens (including phenoxy) is 1. The van der Waals surface area contributed by atoms with E-state index in [1.54, 1.807) is 4.57 Å².